The minimum absolute atomic E-state index is 0.138. The third-order valence-electron chi connectivity index (χ3n) is 2.45. The molecule has 0 bridgehead atoms. The number of carbonyl (C=O) groups excluding carboxylic acids is 1. The molecule has 5 nitrogen and oxygen atoms in total. The molecule has 0 aromatic carbocycles. The lowest BCUT2D eigenvalue weighted by molar-refractivity contribution is -0.127. The highest BCUT2D eigenvalue weighted by atomic mass is 16.2. The number of hydrogen-bond donors (Lipinski definition) is 0. The fourth-order valence-electron chi connectivity index (χ4n) is 1.60. The number of carbonyl (C=O) groups is 1. The minimum Gasteiger partial charge on any atom is -0.332 e. The molecule has 0 atom stereocenters. The summed E-state index contributed by atoms with van der Waals surface area (Å²) < 4.78 is 0. The number of nitriles is 1. The molecule has 2 heterocycles. The molecule has 5 heteroatoms. The number of aromatic nitrogens is 2. The van der Waals surface area contributed by atoms with Crippen LogP contribution in [-0.4, -0.2) is 33.9 Å². The van der Waals surface area contributed by atoms with Crippen LogP contribution in [0.3, 0.4) is 0 Å². The average Bonchev–Trinajstić information content (AvgIpc) is 2.76. The topological polar surface area (TPSA) is 69.9 Å². The van der Waals surface area contributed by atoms with E-state index in [0.29, 0.717) is 18.7 Å². The van der Waals surface area contributed by atoms with Gasteiger partial charge in [-0.3, -0.25) is 4.79 Å². The molecule has 2 rings (SSSR count). The molecule has 0 radical (unpaired) electrons. The van der Waals surface area contributed by atoms with E-state index < -0.39 is 0 Å². The van der Waals surface area contributed by atoms with Crippen molar-refractivity contribution < 1.29 is 4.79 Å². The first-order chi connectivity index (χ1) is 8.31. The summed E-state index contributed by atoms with van der Waals surface area (Å²) in [6, 6.07) is 1.93. The monoisotopic (exact) mass is 226 g/mol. The third-order valence-corrected chi connectivity index (χ3v) is 2.45. The third kappa shape index (κ3) is 2.59. The minimum atomic E-state index is 0.138. The van der Waals surface area contributed by atoms with Crippen molar-refractivity contribution in [3.63, 3.8) is 0 Å². The largest absolute Gasteiger partial charge is 0.332 e. The standard InChI is InChI=1S/C12H10N4O/c13-9-11-10(14-5-6-15-11)3-1-7-16-8-2-4-12(16)17/h5-6H,2,4,7-8H2. The highest BCUT2D eigenvalue weighted by Gasteiger charge is 2.18. The molecule has 0 aliphatic carbocycles. The van der Waals surface area contributed by atoms with Gasteiger partial charge in [-0.1, -0.05) is 5.92 Å². The average molecular weight is 226 g/mol. The SMILES string of the molecule is N#Cc1nccnc1C#CCN1CCCC1=O. The van der Waals surface area contributed by atoms with Crippen LogP contribution in [-0.2, 0) is 4.79 Å². The van der Waals surface area contributed by atoms with Gasteiger partial charge in [0, 0.05) is 25.4 Å². The van der Waals surface area contributed by atoms with Gasteiger partial charge in [0.05, 0.1) is 6.54 Å². The van der Waals surface area contributed by atoms with Gasteiger partial charge in [-0.05, 0) is 12.3 Å². The summed E-state index contributed by atoms with van der Waals surface area (Å²) in [5.41, 5.74) is 0.578. The van der Waals surface area contributed by atoms with Crippen LogP contribution in [0.4, 0.5) is 0 Å². The van der Waals surface area contributed by atoms with Crippen molar-refractivity contribution in [3.8, 4) is 17.9 Å². The van der Waals surface area contributed by atoms with Gasteiger partial charge in [-0.2, -0.15) is 5.26 Å². The number of rotatable bonds is 1. The molecule has 1 amide bonds. The van der Waals surface area contributed by atoms with E-state index in [1.165, 1.54) is 12.4 Å². The fraction of sp³-hybridized carbons (Fsp3) is 0.333. The van der Waals surface area contributed by atoms with Gasteiger partial charge >= 0.3 is 0 Å². The van der Waals surface area contributed by atoms with E-state index in [-0.39, 0.29) is 11.6 Å². The van der Waals surface area contributed by atoms with Crippen molar-refractivity contribution in [3.05, 3.63) is 23.8 Å². The van der Waals surface area contributed by atoms with Crippen LogP contribution >= 0.6 is 0 Å². The summed E-state index contributed by atoms with van der Waals surface area (Å²) in [7, 11) is 0. The normalized spacial score (nSPS) is 14.1. The van der Waals surface area contributed by atoms with Crippen molar-refractivity contribution in [2.45, 2.75) is 12.8 Å². The van der Waals surface area contributed by atoms with E-state index in [4.69, 9.17) is 5.26 Å². The van der Waals surface area contributed by atoms with Crippen LogP contribution in [0, 0.1) is 23.2 Å². The zero-order valence-electron chi connectivity index (χ0n) is 9.18. The van der Waals surface area contributed by atoms with E-state index in [1.54, 1.807) is 4.90 Å². The molecule has 84 valence electrons. The fourth-order valence-corrected chi connectivity index (χ4v) is 1.60. The Bertz CT molecular complexity index is 535. The van der Waals surface area contributed by atoms with Gasteiger partial charge in [-0.15, -0.1) is 0 Å². The van der Waals surface area contributed by atoms with Gasteiger partial charge in [-0.25, -0.2) is 9.97 Å². The maximum atomic E-state index is 11.3. The van der Waals surface area contributed by atoms with E-state index in [0.717, 1.165) is 13.0 Å². The van der Waals surface area contributed by atoms with Crippen LogP contribution in [0.15, 0.2) is 12.4 Å². The van der Waals surface area contributed by atoms with Crippen molar-refractivity contribution >= 4 is 5.91 Å². The first-order valence-electron chi connectivity index (χ1n) is 5.29. The zero-order chi connectivity index (χ0) is 12.1. The molecule has 0 saturated carbocycles. The number of likely N-dealkylation sites (tertiary alicyclic amines) is 1. The first-order valence-corrected chi connectivity index (χ1v) is 5.29. The Kier molecular flexibility index (Phi) is 3.32. The maximum Gasteiger partial charge on any atom is 0.223 e. The van der Waals surface area contributed by atoms with Gasteiger partial charge < -0.3 is 4.90 Å². The molecule has 0 unspecified atom stereocenters. The van der Waals surface area contributed by atoms with E-state index in [2.05, 4.69) is 21.8 Å². The Balaban J connectivity index is 2.06. The summed E-state index contributed by atoms with van der Waals surface area (Å²) in [4.78, 5) is 20.8. The molecule has 1 aromatic rings. The maximum absolute atomic E-state index is 11.3. The number of amides is 1. The van der Waals surface area contributed by atoms with E-state index in [1.807, 2.05) is 6.07 Å². The van der Waals surface area contributed by atoms with Gasteiger partial charge in [0.1, 0.15) is 11.8 Å². The van der Waals surface area contributed by atoms with E-state index in [9.17, 15) is 4.79 Å². The lowest BCUT2D eigenvalue weighted by atomic mass is 10.3. The van der Waals surface area contributed by atoms with Crippen LogP contribution in [0.2, 0.25) is 0 Å². The van der Waals surface area contributed by atoms with Crippen LogP contribution in [0.25, 0.3) is 0 Å². The van der Waals surface area contributed by atoms with E-state index >= 15 is 0 Å². The predicted octanol–water partition coefficient (Wildman–Crippen LogP) is 0.322. The van der Waals surface area contributed by atoms with Gasteiger partial charge in [0.25, 0.3) is 0 Å². The molecule has 1 aromatic heterocycles. The lowest BCUT2D eigenvalue weighted by Gasteiger charge is -2.09. The van der Waals surface area contributed by atoms with Crippen LogP contribution in [0.5, 0.6) is 0 Å². The second-order valence-corrected chi connectivity index (χ2v) is 3.59. The van der Waals surface area contributed by atoms with Crippen LogP contribution in [0.1, 0.15) is 24.2 Å². The molecule has 0 spiro atoms. The molecule has 0 N–H and O–H groups in total. The Labute approximate surface area is 99.1 Å². The first kappa shape index (κ1) is 11.1. The Morgan fingerprint density at radius 2 is 2.12 bits per heavy atom. The second kappa shape index (κ2) is 5.09. The molecular formula is C12H10N4O. The van der Waals surface area contributed by atoms with Crippen LogP contribution < -0.4 is 0 Å². The quantitative estimate of drug-likeness (QED) is 0.647. The Morgan fingerprint density at radius 1 is 1.35 bits per heavy atom. The summed E-state index contributed by atoms with van der Waals surface area (Å²) in [6.45, 7) is 1.15. The highest BCUT2D eigenvalue weighted by Crippen LogP contribution is 2.08. The summed E-state index contributed by atoms with van der Waals surface area (Å²) in [5.74, 6) is 5.76. The zero-order valence-corrected chi connectivity index (χ0v) is 9.18. The highest BCUT2D eigenvalue weighted by molar-refractivity contribution is 5.78. The summed E-state index contributed by atoms with van der Waals surface area (Å²) in [5, 5.41) is 8.79. The number of hydrogen-bond acceptors (Lipinski definition) is 4. The summed E-state index contributed by atoms with van der Waals surface area (Å²) in [6.07, 6.45) is 4.45. The van der Waals surface area contributed by atoms with Crippen molar-refractivity contribution in [1.29, 1.82) is 5.26 Å². The summed E-state index contributed by atoms with van der Waals surface area (Å²) >= 11 is 0. The molecule has 1 aliphatic rings. The lowest BCUT2D eigenvalue weighted by Crippen LogP contribution is -2.24. The Morgan fingerprint density at radius 3 is 2.76 bits per heavy atom. The molecule has 1 aliphatic heterocycles. The molecular weight excluding hydrogens is 216 g/mol. The molecule has 1 fully saturated rings. The van der Waals surface area contributed by atoms with Gasteiger partial charge in [0.15, 0.2) is 5.69 Å². The smallest absolute Gasteiger partial charge is 0.223 e. The predicted molar refractivity (Wildman–Crippen MR) is 59.4 cm³/mol. The van der Waals surface area contributed by atoms with Crippen molar-refractivity contribution in [2.75, 3.05) is 13.1 Å². The molecule has 1 saturated heterocycles. The van der Waals surface area contributed by atoms with Gasteiger partial charge in [0.2, 0.25) is 5.91 Å². The second-order valence-electron chi connectivity index (χ2n) is 3.59. The Hall–Kier alpha value is -2.40. The van der Waals surface area contributed by atoms with Crippen molar-refractivity contribution in [1.82, 2.24) is 14.9 Å². The van der Waals surface area contributed by atoms with Crippen molar-refractivity contribution in [2.24, 2.45) is 0 Å². The molecule has 17 heavy (non-hydrogen) atoms. The number of nitrogens with zero attached hydrogens (tertiary/aromatic N) is 4.